The number of aromatic hydroxyl groups is 2. The molecule has 2 rings (SSSR count). The molecule has 0 amide bonds. The van der Waals surface area contributed by atoms with Crippen molar-refractivity contribution in [3.63, 3.8) is 0 Å². The normalized spacial score (nSPS) is 11.1. The fourth-order valence-corrected chi connectivity index (χ4v) is 4.94. The molecule has 0 spiro atoms. The van der Waals surface area contributed by atoms with Gasteiger partial charge in [0, 0.05) is 9.79 Å². The third kappa shape index (κ3) is 5.22. The summed E-state index contributed by atoms with van der Waals surface area (Å²) in [5, 5.41) is 20.8. The molecule has 0 aromatic heterocycles. The van der Waals surface area contributed by atoms with E-state index in [4.69, 9.17) is 0 Å². The SMILES string of the molecule is CCCc1c(O)ccc(Sc2ccc(O)c(CCC)c2CCC)c1CCC. The second-order valence-electron chi connectivity index (χ2n) is 7.18. The Kier molecular flexibility index (Phi) is 8.56. The molecule has 0 aliphatic heterocycles. The first-order valence-electron chi connectivity index (χ1n) is 10.4. The quantitative estimate of drug-likeness (QED) is 0.459. The Morgan fingerprint density at radius 3 is 1.22 bits per heavy atom. The first-order chi connectivity index (χ1) is 13.1. The Morgan fingerprint density at radius 1 is 0.556 bits per heavy atom. The molecular formula is C24H34O2S. The summed E-state index contributed by atoms with van der Waals surface area (Å²) in [4.78, 5) is 2.48. The molecule has 27 heavy (non-hydrogen) atoms. The molecule has 2 aromatic rings. The summed E-state index contributed by atoms with van der Waals surface area (Å²) in [6.45, 7) is 8.70. The van der Waals surface area contributed by atoms with E-state index in [2.05, 4.69) is 39.8 Å². The van der Waals surface area contributed by atoms with E-state index >= 15 is 0 Å². The highest BCUT2D eigenvalue weighted by molar-refractivity contribution is 7.99. The molecular weight excluding hydrogens is 352 g/mol. The molecule has 0 aliphatic rings. The molecule has 3 heteroatoms. The van der Waals surface area contributed by atoms with Crippen molar-refractivity contribution in [1.82, 2.24) is 0 Å². The van der Waals surface area contributed by atoms with Crippen molar-refractivity contribution in [3.8, 4) is 11.5 Å². The van der Waals surface area contributed by atoms with E-state index < -0.39 is 0 Å². The minimum atomic E-state index is 0.427. The van der Waals surface area contributed by atoms with Gasteiger partial charge in [0.2, 0.25) is 0 Å². The molecule has 0 atom stereocenters. The van der Waals surface area contributed by atoms with Crippen LogP contribution in [-0.2, 0) is 25.7 Å². The average Bonchev–Trinajstić information content (AvgIpc) is 2.65. The number of rotatable bonds is 10. The smallest absolute Gasteiger partial charge is 0.119 e. The fourth-order valence-electron chi connectivity index (χ4n) is 3.73. The molecule has 0 unspecified atom stereocenters. The van der Waals surface area contributed by atoms with Crippen LogP contribution in [0, 0.1) is 0 Å². The van der Waals surface area contributed by atoms with Crippen molar-refractivity contribution in [1.29, 1.82) is 0 Å². The van der Waals surface area contributed by atoms with Gasteiger partial charge in [0.15, 0.2) is 0 Å². The summed E-state index contributed by atoms with van der Waals surface area (Å²) in [5.74, 6) is 0.853. The van der Waals surface area contributed by atoms with Crippen LogP contribution >= 0.6 is 11.8 Å². The lowest BCUT2D eigenvalue weighted by Gasteiger charge is -2.19. The topological polar surface area (TPSA) is 40.5 Å². The molecule has 0 fully saturated rings. The maximum absolute atomic E-state index is 10.4. The maximum Gasteiger partial charge on any atom is 0.119 e. The summed E-state index contributed by atoms with van der Waals surface area (Å²) in [5.41, 5.74) is 4.79. The number of phenols is 2. The Balaban J connectivity index is 2.53. The number of benzene rings is 2. The van der Waals surface area contributed by atoms with Crippen LogP contribution in [0.25, 0.3) is 0 Å². The van der Waals surface area contributed by atoms with Gasteiger partial charge in [-0.05, 0) is 72.2 Å². The average molecular weight is 387 g/mol. The van der Waals surface area contributed by atoms with Crippen molar-refractivity contribution < 1.29 is 10.2 Å². The van der Waals surface area contributed by atoms with Crippen molar-refractivity contribution in [2.24, 2.45) is 0 Å². The van der Waals surface area contributed by atoms with Gasteiger partial charge in [-0.3, -0.25) is 0 Å². The molecule has 2 nitrogen and oxygen atoms in total. The van der Waals surface area contributed by atoms with Crippen LogP contribution in [0.1, 0.15) is 75.6 Å². The highest BCUT2D eigenvalue weighted by Gasteiger charge is 2.17. The van der Waals surface area contributed by atoms with Crippen molar-refractivity contribution in [2.45, 2.75) is 88.9 Å². The van der Waals surface area contributed by atoms with E-state index in [0.29, 0.717) is 11.5 Å². The highest BCUT2D eigenvalue weighted by Crippen LogP contribution is 2.41. The largest absolute Gasteiger partial charge is 0.508 e. The Morgan fingerprint density at radius 2 is 0.889 bits per heavy atom. The molecule has 0 saturated carbocycles. The summed E-state index contributed by atoms with van der Waals surface area (Å²) >= 11 is 1.80. The van der Waals surface area contributed by atoms with Gasteiger partial charge in [-0.2, -0.15) is 0 Å². The Hall–Kier alpha value is -1.61. The van der Waals surface area contributed by atoms with E-state index in [1.54, 1.807) is 11.8 Å². The second-order valence-corrected chi connectivity index (χ2v) is 8.27. The van der Waals surface area contributed by atoms with E-state index in [-0.39, 0.29) is 0 Å². The van der Waals surface area contributed by atoms with Gasteiger partial charge < -0.3 is 10.2 Å². The molecule has 0 saturated heterocycles. The Bertz CT molecular complexity index is 689. The standard InChI is InChI=1S/C24H34O2S/c1-5-9-17-19(11-7-3)23(15-13-21(17)25)27-24-16-14-22(26)18(10-6-2)20(24)12-8-4/h13-16,25-26H,5-12H2,1-4H3. The minimum Gasteiger partial charge on any atom is -0.508 e. The zero-order chi connectivity index (χ0) is 19.8. The zero-order valence-corrected chi connectivity index (χ0v) is 18.1. The van der Waals surface area contributed by atoms with E-state index in [1.165, 1.54) is 20.9 Å². The molecule has 0 radical (unpaired) electrons. The van der Waals surface area contributed by atoms with Gasteiger partial charge in [-0.1, -0.05) is 65.1 Å². The number of hydrogen-bond donors (Lipinski definition) is 2. The molecule has 2 aromatic carbocycles. The third-order valence-electron chi connectivity index (χ3n) is 4.95. The predicted molar refractivity (Wildman–Crippen MR) is 116 cm³/mol. The van der Waals surface area contributed by atoms with Gasteiger partial charge in [0.05, 0.1) is 0 Å². The summed E-state index contributed by atoms with van der Waals surface area (Å²) in [6.07, 6.45) is 7.96. The number of hydrogen-bond acceptors (Lipinski definition) is 3. The lowest BCUT2D eigenvalue weighted by atomic mass is 9.98. The van der Waals surface area contributed by atoms with E-state index in [9.17, 15) is 10.2 Å². The van der Waals surface area contributed by atoms with Gasteiger partial charge in [0.1, 0.15) is 11.5 Å². The lowest BCUT2D eigenvalue weighted by Crippen LogP contribution is -2.00. The first-order valence-corrected chi connectivity index (χ1v) is 11.2. The van der Waals surface area contributed by atoms with Crippen LogP contribution in [0.2, 0.25) is 0 Å². The van der Waals surface area contributed by atoms with E-state index in [0.717, 1.165) is 62.5 Å². The molecule has 0 aliphatic carbocycles. The summed E-state index contributed by atoms with van der Waals surface area (Å²) in [6, 6.07) is 7.82. The van der Waals surface area contributed by atoms with Crippen LogP contribution < -0.4 is 0 Å². The third-order valence-corrected chi connectivity index (χ3v) is 6.15. The van der Waals surface area contributed by atoms with E-state index in [1.807, 2.05) is 12.1 Å². The van der Waals surface area contributed by atoms with Gasteiger partial charge in [0.25, 0.3) is 0 Å². The molecule has 0 heterocycles. The van der Waals surface area contributed by atoms with Gasteiger partial charge >= 0.3 is 0 Å². The van der Waals surface area contributed by atoms with Crippen molar-refractivity contribution in [3.05, 3.63) is 46.5 Å². The number of phenolic OH excluding ortho intramolecular Hbond substituents is 2. The van der Waals surface area contributed by atoms with Crippen LogP contribution in [-0.4, -0.2) is 10.2 Å². The van der Waals surface area contributed by atoms with Crippen LogP contribution in [0.3, 0.4) is 0 Å². The summed E-state index contributed by atoms with van der Waals surface area (Å²) < 4.78 is 0. The second kappa shape index (κ2) is 10.7. The fraction of sp³-hybridized carbons (Fsp3) is 0.500. The monoisotopic (exact) mass is 386 g/mol. The molecule has 2 N–H and O–H groups in total. The molecule has 148 valence electrons. The van der Waals surface area contributed by atoms with Crippen molar-refractivity contribution in [2.75, 3.05) is 0 Å². The predicted octanol–water partition coefficient (Wildman–Crippen LogP) is 7.06. The van der Waals surface area contributed by atoms with Crippen molar-refractivity contribution >= 4 is 11.8 Å². The van der Waals surface area contributed by atoms with Gasteiger partial charge in [-0.25, -0.2) is 0 Å². The summed E-state index contributed by atoms with van der Waals surface area (Å²) in [7, 11) is 0. The van der Waals surface area contributed by atoms with Crippen LogP contribution in [0.15, 0.2) is 34.1 Å². The maximum atomic E-state index is 10.4. The van der Waals surface area contributed by atoms with Crippen LogP contribution in [0.4, 0.5) is 0 Å². The zero-order valence-electron chi connectivity index (χ0n) is 17.3. The first kappa shape index (κ1) is 21.7. The Labute approximate surface area is 169 Å². The molecule has 0 bridgehead atoms. The minimum absolute atomic E-state index is 0.427. The lowest BCUT2D eigenvalue weighted by molar-refractivity contribution is 0.465. The van der Waals surface area contributed by atoms with Gasteiger partial charge in [-0.15, -0.1) is 0 Å². The highest BCUT2D eigenvalue weighted by atomic mass is 32.2. The van der Waals surface area contributed by atoms with Crippen LogP contribution in [0.5, 0.6) is 11.5 Å².